The maximum atomic E-state index is 13.3. The molecular formula is C19H23FN2O3. The van der Waals surface area contributed by atoms with Crippen molar-refractivity contribution in [2.24, 2.45) is 0 Å². The van der Waals surface area contributed by atoms with Crippen LogP contribution in [0.4, 0.5) is 10.1 Å². The summed E-state index contributed by atoms with van der Waals surface area (Å²) in [5.41, 5.74) is 0.899. The Hall–Kier alpha value is -2.31. The van der Waals surface area contributed by atoms with Crippen molar-refractivity contribution in [3.05, 3.63) is 54.3 Å². The molecule has 5 nitrogen and oxygen atoms in total. The fraction of sp³-hybridized carbons (Fsp3) is 0.368. The van der Waals surface area contributed by atoms with Crippen molar-refractivity contribution in [2.45, 2.75) is 6.10 Å². The third-order valence-electron chi connectivity index (χ3n) is 4.29. The van der Waals surface area contributed by atoms with Gasteiger partial charge in [0.2, 0.25) is 0 Å². The summed E-state index contributed by atoms with van der Waals surface area (Å²) in [7, 11) is 0. The number of β-amino-alcohol motifs (C(OH)–C–C–N with tert-alkyl or cyclic N) is 1. The van der Waals surface area contributed by atoms with Gasteiger partial charge in [0.15, 0.2) is 0 Å². The molecule has 0 saturated carbocycles. The van der Waals surface area contributed by atoms with Crippen LogP contribution in [-0.2, 0) is 0 Å². The molecule has 0 amide bonds. The first-order chi connectivity index (χ1) is 12.1. The lowest BCUT2D eigenvalue weighted by atomic mass is 10.2. The molecule has 0 spiro atoms. The lowest BCUT2D eigenvalue weighted by Crippen LogP contribution is -2.49. The summed E-state index contributed by atoms with van der Waals surface area (Å²) in [6, 6.07) is 13.1. The highest BCUT2D eigenvalue weighted by molar-refractivity contribution is 5.46. The third-order valence-corrected chi connectivity index (χ3v) is 4.29. The number of phenolic OH excluding ortho intramolecular Hbond substituents is 1. The molecule has 0 aromatic heterocycles. The van der Waals surface area contributed by atoms with Crippen LogP contribution >= 0.6 is 0 Å². The third kappa shape index (κ3) is 5.08. The van der Waals surface area contributed by atoms with Gasteiger partial charge in [-0.15, -0.1) is 0 Å². The van der Waals surface area contributed by atoms with E-state index in [1.165, 1.54) is 6.07 Å². The molecule has 2 aromatic carbocycles. The number of aliphatic hydroxyl groups excluding tert-OH is 1. The average molecular weight is 346 g/mol. The number of hydrogen-bond donors (Lipinski definition) is 2. The van der Waals surface area contributed by atoms with Gasteiger partial charge in [0.25, 0.3) is 0 Å². The van der Waals surface area contributed by atoms with Crippen LogP contribution in [0, 0.1) is 5.82 Å². The maximum Gasteiger partial charge on any atom is 0.125 e. The molecule has 0 bridgehead atoms. The van der Waals surface area contributed by atoms with Crippen molar-refractivity contribution in [1.29, 1.82) is 0 Å². The smallest absolute Gasteiger partial charge is 0.125 e. The molecule has 1 aliphatic heterocycles. The summed E-state index contributed by atoms with van der Waals surface area (Å²) in [6.45, 7) is 3.97. The topological polar surface area (TPSA) is 56.2 Å². The van der Waals surface area contributed by atoms with Gasteiger partial charge in [0.05, 0.1) is 0 Å². The number of phenols is 1. The Balaban J connectivity index is 1.41. The number of aliphatic hydroxyl groups is 1. The SMILES string of the molecule is Oc1ccc(OC[C@H](O)CN2CCN(c3cccc(F)c3)CC2)cc1. The summed E-state index contributed by atoms with van der Waals surface area (Å²) in [6.07, 6.45) is -0.588. The molecule has 0 unspecified atom stereocenters. The van der Waals surface area contributed by atoms with E-state index >= 15 is 0 Å². The second kappa shape index (κ2) is 8.18. The van der Waals surface area contributed by atoms with Crippen molar-refractivity contribution in [3.8, 4) is 11.5 Å². The minimum absolute atomic E-state index is 0.184. The molecule has 1 heterocycles. The van der Waals surface area contributed by atoms with Gasteiger partial charge in [-0.1, -0.05) is 6.07 Å². The van der Waals surface area contributed by atoms with Gasteiger partial charge in [0, 0.05) is 38.4 Å². The second-order valence-corrected chi connectivity index (χ2v) is 6.23. The zero-order valence-corrected chi connectivity index (χ0v) is 14.0. The lowest BCUT2D eigenvalue weighted by Gasteiger charge is -2.36. The van der Waals surface area contributed by atoms with Gasteiger partial charge in [-0.2, -0.15) is 0 Å². The van der Waals surface area contributed by atoms with E-state index in [4.69, 9.17) is 4.74 Å². The fourth-order valence-corrected chi connectivity index (χ4v) is 2.95. The highest BCUT2D eigenvalue weighted by atomic mass is 19.1. The van der Waals surface area contributed by atoms with Crippen molar-refractivity contribution in [1.82, 2.24) is 4.90 Å². The fourth-order valence-electron chi connectivity index (χ4n) is 2.95. The molecule has 2 N–H and O–H groups in total. The number of halogens is 1. The molecule has 6 heteroatoms. The number of piperazine rings is 1. The van der Waals surface area contributed by atoms with Gasteiger partial charge in [-0.05, 0) is 42.5 Å². The zero-order chi connectivity index (χ0) is 17.6. The highest BCUT2D eigenvalue weighted by Gasteiger charge is 2.20. The van der Waals surface area contributed by atoms with E-state index in [-0.39, 0.29) is 18.2 Å². The summed E-state index contributed by atoms with van der Waals surface area (Å²) in [5, 5.41) is 19.4. The Morgan fingerprint density at radius 1 is 1.04 bits per heavy atom. The molecular weight excluding hydrogens is 323 g/mol. The van der Waals surface area contributed by atoms with Gasteiger partial charge in [0.1, 0.15) is 30.0 Å². The minimum atomic E-state index is -0.588. The van der Waals surface area contributed by atoms with Crippen LogP contribution in [0.2, 0.25) is 0 Å². The molecule has 25 heavy (non-hydrogen) atoms. The maximum absolute atomic E-state index is 13.3. The van der Waals surface area contributed by atoms with Crippen molar-refractivity contribution in [3.63, 3.8) is 0 Å². The first kappa shape index (κ1) is 17.5. The van der Waals surface area contributed by atoms with Crippen molar-refractivity contribution < 1.29 is 19.3 Å². The summed E-state index contributed by atoms with van der Waals surface area (Å²) >= 11 is 0. The van der Waals surface area contributed by atoms with E-state index in [0.29, 0.717) is 12.3 Å². The Labute approximate surface area is 146 Å². The van der Waals surface area contributed by atoms with Crippen LogP contribution in [0.15, 0.2) is 48.5 Å². The normalized spacial score (nSPS) is 16.6. The van der Waals surface area contributed by atoms with E-state index in [1.807, 2.05) is 6.07 Å². The summed E-state index contributed by atoms with van der Waals surface area (Å²) in [5.74, 6) is 0.582. The van der Waals surface area contributed by atoms with Crippen molar-refractivity contribution >= 4 is 5.69 Å². The zero-order valence-electron chi connectivity index (χ0n) is 14.0. The molecule has 0 aliphatic carbocycles. The van der Waals surface area contributed by atoms with E-state index in [9.17, 15) is 14.6 Å². The summed E-state index contributed by atoms with van der Waals surface area (Å²) in [4.78, 5) is 4.33. The first-order valence-corrected chi connectivity index (χ1v) is 8.43. The predicted octanol–water partition coefficient (Wildman–Crippen LogP) is 2.09. The van der Waals surface area contributed by atoms with Crippen LogP contribution in [0.3, 0.4) is 0 Å². The standard InChI is InChI=1S/C19H23FN2O3/c20-15-2-1-3-16(12-15)22-10-8-21(9-11-22)13-18(24)14-25-19-6-4-17(23)5-7-19/h1-7,12,18,23-24H,8-11,13-14H2/t18-/m1/s1. The van der Waals surface area contributed by atoms with Crippen LogP contribution < -0.4 is 9.64 Å². The monoisotopic (exact) mass is 346 g/mol. The Kier molecular flexibility index (Phi) is 5.73. The Morgan fingerprint density at radius 2 is 1.76 bits per heavy atom. The first-order valence-electron chi connectivity index (χ1n) is 8.43. The van der Waals surface area contributed by atoms with Gasteiger partial charge in [-0.25, -0.2) is 4.39 Å². The summed E-state index contributed by atoms with van der Waals surface area (Å²) < 4.78 is 18.8. The van der Waals surface area contributed by atoms with Crippen LogP contribution in [-0.4, -0.2) is 60.5 Å². The van der Waals surface area contributed by atoms with Gasteiger partial charge >= 0.3 is 0 Å². The van der Waals surface area contributed by atoms with Gasteiger partial charge in [-0.3, -0.25) is 4.90 Å². The van der Waals surface area contributed by atoms with Crippen LogP contribution in [0.5, 0.6) is 11.5 Å². The molecule has 2 aromatic rings. The Morgan fingerprint density at radius 3 is 2.44 bits per heavy atom. The van der Waals surface area contributed by atoms with E-state index in [1.54, 1.807) is 36.4 Å². The number of anilines is 1. The van der Waals surface area contributed by atoms with Crippen LogP contribution in [0.25, 0.3) is 0 Å². The molecule has 0 radical (unpaired) electrons. The number of aromatic hydroxyl groups is 1. The number of hydrogen-bond acceptors (Lipinski definition) is 5. The second-order valence-electron chi connectivity index (χ2n) is 6.23. The molecule has 1 atom stereocenters. The number of benzene rings is 2. The molecule has 3 rings (SSSR count). The van der Waals surface area contributed by atoms with Crippen molar-refractivity contribution in [2.75, 3.05) is 44.2 Å². The number of ether oxygens (including phenoxy) is 1. The van der Waals surface area contributed by atoms with Gasteiger partial charge < -0.3 is 19.8 Å². The lowest BCUT2D eigenvalue weighted by molar-refractivity contribution is 0.0663. The molecule has 1 saturated heterocycles. The Bertz CT molecular complexity index is 673. The van der Waals surface area contributed by atoms with E-state index < -0.39 is 6.10 Å². The van der Waals surface area contributed by atoms with E-state index in [2.05, 4.69) is 9.80 Å². The largest absolute Gasteiger partial charge is 0.508 e. The molecule has 134 valence electrons. The quantitative estimate of drug-likeness (QED) is 0.839. The highest BCUT2D eigenvalue weighted by Crippen LogP contribution is 2.18. The molecule has 1 aliphatic rings. The predicted molar refractivity (Wildman–Crippen MR) is 94.7 cm³/mol. The van der Waals surface area contributed by atoms with E-state index in [0.717, 1.165) is 31.9 Å². The average Bonchev–Trinajstić information content (AvgIpc) is 2.62. The number of nitrogens with zero attached hydrogens (tertiary/aromatic N) is 2. The number of rotatable bonds is 6. The minimum Gasteiger partial charge on any atom is -0.508 e. The van der Waals surface area contributed by atoms with Crippen LogP contribution in [0.1, 0.15) is 0 Å². The molecule has 1 fully saturated rings.